The van der Waals surface area contributed by atoms with E-state index < -0.39 is 33.3 Å². The highest BCUT2D eigenvalue weighted by Crippen LogP contribution is 2.29. The molecular formula is C17H20ClN3O8S. The van der Waals surface area contributed by atoms with Crippen molar-refractivity contribution in [1.29, 1.82) is 0 Å². The molecule has 0 aliphatic heterocycles. The summed E-state index contributed by atoms with van der Waals surface area (Å²) in [5.41, 5.74) is 5.14. The van der Waals surface area contributed by atoms with Gasteiger partial charge in [0.05, 0.1) is 29.1 Å². The number of carbonyl (C=O) groups excluding carboxylic acids is 2. The number of primary sulfonamides is 1. The molecule has 1 atom stereocenters. The van der Waals surface area contributed by atoms with Gasteiger partial charge in [-0.1, -0.05) is 11.6 Å². The summed E-state index contributed by atoms with van der Waals surface area (Å²) in [6, 6.07) is 5.53. The van der Waals surface area contributed by atoms with Crippen LogP contribution in [-0.2, 0) is 30.8 Å². The first-order valence-electron chi connectivity index (χ1n) is 8.49. The molecule has 0 aliphatic carbocycles. The SMILES string of the molecule is CC(OC(=O)OCCN)OC(=O)c1cc(S(N)(=O)=O)c(Cl)cc1NCc1ccco1. The Morgan fingerprint density at radius 1 is 1.30 bits per heavy atom. The highest BCUT2D eigenvalue weighted by atomic mass is 35.5. The Morgan fingerprint density at radius 2 is 2.03 bits per heavy atom. The van der Waals surface area contributed by atoms with Crippen LogP contribution in [0.1, 0.15) is 23.0 Å². The van der Waals surface area contributed by atoms with Gasteiger partial charge in [0.15, 0.2) is 0 Å². The molecule has 2 aromatic rings. The quantitative estimate of drug-likeness (QED) is 0.369. The van der Waals surface area contributed by atoms with Crippen molar-refractivity contribution in [3.05, 3.63) is 46.9 Å². The van der Waals surface area contributed by atoms with Crippen LogP contribution in [-0.4, -0.2) is 40.0 Å². The molecule has 1 aromatic heterocycles. The standard InChI is InChI=1S/C17H20ClN3O8S/c1-10(29-17(23)27-6-4-19)28-16(22)12-7-15(30(20,24)25)13(18)8-14(12)21-9-11-3-2-5-26-11/h2-3,5,7-8,10,21H,4,6,9,19H2,1H3,(H2,20,24,25). The third-order valence-electron chi connectivity index (χ3n) is 3.50. The van der Waals surface area contributed by atoms with E-state index in [9.17, 15) is 18.0 Å². The van der Waals surface area contributed by atoms with E-state index in [4.69, 9.17) is 36.4 Å². The summed E-state index contributed by atoms with van der Waals surface area (Å²) in [7, 11) is -4.23. The van der Waals surface area contributed by atoms with Crippen LogP contribution in [0.2, 0.25) is 5.02 Å². The molecule has 0 amide bonds. The van der Waals surface area contributed by atoms with Crippen LogP contribution in [0, 0.1) is 0 Å². The van der Waals surface area contributed by atoms with Crippen molar-refractivity contribution in [2.75, 3.05) is 18.5 Å². The smallest absolute Gasteiger partial charge is 0.467 e. The van der Waals surface area contributed by atoms with Gasteiger partial charge in [-0.2, -0.15) is 0 Å². The lowest BCUT2D eigenvalue weighted by molar-refractivity contribution is -0.0814. The highest BCUT2D eigenvalue weighted by molar-refractivity contribution is 7.89. The molecule has 0 saturated heterocycles. The molecule has 13 heteroatoms. The Kier molecular flexibility index (Phi) is 8.06. The molecule has 2 rings (SSSR count). The number of hydrogen-bond donors (Lipinski definition) is 3. The maximum atomic E-state index is 12.6. The lowest BCUT2D eigenvalue weighted by Gasteiger charge is -2.17. The first kappa shape index (κ1) is 23.5. The zero-order chi connectivity index (χ0) is 22.3. The number of anilines is 1. The van der Waals surface area contributed by atoms with Crippen LogP contribution in [0.15, 0.2) is 39.8 Å². The van der Waals surface area contributed by atoms with Gasteiger partial charge in [-0.15, -0.1) is 0 Å². The summed E-state index contributed by atoms with van der Waals surface area (Å²) < 4.78 is 43.1. The number of ether oxygens (including phenoxy) is 3. The second-order valence-electron chi connectivity index (χ2n) is 5.78. The Bertz CT molecular complexity index is 995. The van der Waals surface area contributed by atoms with Gasteiger partial charge in [-0.25, -0.2) is 23.1 Å². The zero-order valence-electron chi connectivity index (χ0n) is 15.8. The maximum Gasteiger partial charge on any atom is 0.511 e. The number of nitrogens with two attached hydrogens (primary N) is 2. The van der Waals surface area contributed by atoms with Crippen molar-refractivity contribution in [1.82, 2.24) is 0 Å². The van der Waals surface area contributed by atoms with Gasteiger partial charge in [0.2, 0.25) is 16.3 Å². The van der Waals surface area contributed by atoms with Crippen molar-refractivity contribution in [2.24, 2.45) is 10.9 Å². The van der Waals surface area contributed by atoms with Crippen molar-refractivity contribution >= 4 is 39.4 Å². The van der Waals surface area contributed by atoms with Crippen LogP contribution >= 0.6 is 11.6 Å². The second-order valence-corrected chi connectivity index (χ2v) is 7.72. The molecule has 1 heterocycles. The number of furan rings is 1. The Labute approximate surface area is 177 Å². The number of sulfonamides is 1. The molecule has 0 fully saturated rings. The van der Waals surface area contributed by atoms with E-state index >= 15 is 0 Å². The summed E-state index contributed by atoms with van der Waals surface area (Å²) in [5.74, 6) is -0.460. The Morgan fingerprint density at radius 3 is 2.63 bits per heavy atom. The minimum atomic E-state index is -4.23. The summed E-state index contributed by atoms with van der Waals surface area (Å²) in [6.07, 6.45) is -0.959. The normalized spacial score (nSPS) is 12.1. The Balaban J connectivity index is 2.25. The number of nitrogens with one attached hydrogen (secondary N) is 1. The van der Waals surface area contributed by atoms with Crippen LogP contribution < -0.4 is 16.2 Å². The van der Waals surface area contributed by atoms with Crippen LogP contribution in [0.25, 0.3) is 0 Å². The molecule has 1 aromatic carbocycles. The molecule has 0 radical (unpaired) electrons. The van der Waals surface area contributed by atoms with Crippen molar-refractivity contribution in [3.8, 4) is 0 Å². The molecule has 0 saturated carbocycles. The summed E-state index contributed by atoms with van der Waals surface area (Å²) in [5, 5.41) is 7.84. The molecule has 11 nitrogen and oxygen atoms in total. The molecule has 0 spiro atoms. The van der Waals surface area contributed by atoms with Crippen LogP contribution in [0.5, 0.6) is 0 Å². The lowest BCUT2D eigenvalue weighted by atomic mass is 10.1. The number of halogens is 1. The molecular weight excluding hydrogens is 442 g/mol. The second kappa shape index (κ2) is 10.3. The van der Waals surface area contributed by atoms with E-state index in [1.54, 1.807) is 12.1 Å². The van der Waals surface area contributed by atoms with Crippen molar-refractivity contribution in [2.45, 2.75) is 24.7 Å². The predicted octanol–water partition coefficient (Wildman–Crippen LogP) is 1.81. The fourth-order valence-electron chi connectivity index (χ4n) is 2.23. The molecule has 1 unspecified atom stereocenters. The number of esters is 1. The highest BCUT2D eigenvalue weighted by Gasteiger charge is 2.24. The lowest BCUT2D eigenvalue weighted by Crippen LogP contribution is -2.24. The fourth-order valence-corrected chi connectivity index (χ4v) is 3.33. The topological polar surface area (TPSA) is 173 Å². The van der Waals surface area contributed by atoms with E-state index in [0.29, 0.717) is 5.76 Å². The van der Waals surface area contributed by atoms with E-state index in [1.165, 1.54) is 19.3 Å². The number of rotatable bonds is 9. The van der Waals surface area contributed by atoms with Crippen LogP contribution in [0.4, 0.5) is 10.5 Å². The van der Waals surface area contributed by atoms with Gasteiger partial charge in [0.25, 0.3) is 0 Å². The molecule has 0 bridgehead atoms. The van der Waals surface area contributed by atoms with Gasteiger partial charge >= 0.3 is 12.1 Å². The average molecular weight is 462 g/mol. The first-order chi connectivity index (χ1) is 14.1. The first-order valence-corrected chi connectivity index (χ1v) is 10.4. The van der Waals surface area contributed by atoms with Gasteiger partial charge in [-0.05, 0) is 24.3 Å². The molecule has 5 N–H and O–H groups in total. The van der Waals surface area contributed by atoms with Gasteiger partial charge in [0, 0.05) is 13.5 Å². The third kappa shape index (κ3) is 6.62. The summed E-state index contributed by atoms with van der Waals surface area (Å²) in [6.45, 7) is 1.45. The van der Waals surface area contributed by atoms with E-state index in [0.717, 1.165) is 6.07 Å². The number of carbonyl (C=O) groups is 2. The summed E-state index contributed by atoms with van der Waals surface area (Å²) in [4.78, 5) is 23.6. The van der Waals surface area contributed by atoms with Gasteiger partial charge in [0.1, 0.15) is 17.3 Å². The summed E-state index contributed by atoms with van der Waals surface area (Å²) >= 11 is 6.00. The van der Waals surface area contributed by atoms with Crippen molar-refractivity contribution in [3.63, 3.8) is 0 Å². The fraction of sp³-hybridized carbons (Fsp3) is 0.294. The van der Waals surface area contributed by atoms with E-state index in [-0.39, 0.29) is 36.0 Å². The number of benzene rings is 1. The zero-order valence-corrected chi connectivity index (χ0v) is 17.4. The van der Waals surface area contributed by atoms with Crippen molar-refractivity contribution < 1.29 is 36.6 Å². The van der Waals surface area contributed by atoms with E-state index in [1.807, 2.05) is 0 Å². The average Bonchev–Trinajstić information content (AvgIpc) is 3.17. The Hall–Kier alpha value is -2.80. The monoisotopic (exact) mass is 461 g/mol. The number of hydrogen-bond acceptors (Lipinski definition) is 10. The minimum Gasteiger partial charge on any atom is -0.467 e. The molecule has 164 valence electrons. The largest absolute Gasteiger partial charge is 0.511 e. The molecule has 0 aliphatic rings. The maximum absolute atomic E-state index is 12.6. The van der Waals surface area contributed by atoms with Gasteiger partial charge in [-0.3, -0.25) is 0 Å². The molecule has 30 heavy (non-hydrogen) atoms. The van der Waals surface area contributed by atoms with E-state index in [2.05, 4.69) is 10.1 Å². The van der Waals surface area contributed by atoms with Gasteiger partial charge < -0.3 is 29.7 Å². The minimum absolute atomic E-state index is 0.0742. The third-order valence-corrected chi connectivity index (χ3v) is 4.88. The van der Waals surface area contributed by atoms with Crippen LogP contribution in [0.3, 0.4) is 0 Å². The predicted molar refractivity (Wildman–Crippen MR) is 105 cm³/mol.